The molecule has 2 N–H and O–H groups in total. The number of ether oxygens (including phenoxy) is 1. The van der Waals surface area contributed by atoms with Crippen molar-refractivity contribution in [2.24, 2.45) is 0 Å². The third-order valence-corrected chi connectivity index (χ3v) is 4.29. The minimum atomic E-state index is -0.419. The van der Waals surface area contributed by atoms with Gasteiger partial charge in [-0.25, -0.2) is 0 Å². The van der Waals surface area contributed by atoms with Crippen LogP contribution in [-0.4, -0.2) is 16.8 Å². The molecule has 0 spiro atoms. The summed E-state index contributed by atoms with van der Waals surface area (Å²) in [4.78, 5) is 28.5. The molecule has 29 heavy (non-hydrogen) atoms. The molecular weight excluding hydrogens is 366 g/mol. The third kappa shape index (κ3) is 5.42. The highest BCUT2D eigenvalue weighted by molar-refractivity contribution is 5.99. The van der Waals surface area contributed by atoms with E-state index < -0.39 is 5.91 Å². The second-order valence-corrected chi connectivity index (χ2v) is 7.55. The Morgan fingerprint density at radius 2 is 1.34 bits per heavy atom. The summed E-state index contributed by atoms with van der Waals surface area (Å²) in [5, 5.41) is 0. The number of rotatable bonds is 4. The zero-order valence-corrected chi connectivity index (χ0v) is 16.6. The fraction of sp³-hybridized carbons (Fsp3) is 0.174. The molecule has 2 amide bonds. The molecule has 6 nitrogen and oxygen atoms in total. The van der Waals surface area contributed by atoms with E-state index in [1.54, 1.807) is 60.9 Å². The Kier molecular flexibility index (Phi) is 5.93. The van der Waals surface area contributed by atoms with Crippen LogP contribution in [0.15, 0.2) is 73.1 Å². The van der Waals surface area contributed by atoms with E-state index >= 15 is 0 Å². The van der Waals surface area contributed by atoms with Crippen LogP contribution in [0.4, 0.5) is 0 Å². The molecule has 0 atom stereocenters. The van der Waals surface area contributed by atoms with Crippen LogP contribution >= 0.6 is 0 Å². The molecule has 6 heteroatoms. The van der Waals surface area contributed by atoms with E-state index in [-0.39, 0.29) is 11.3 Å². The molecule has 0 aliphatic rings. The predicted octanol–water partition coefficient (Wildman–Crippen LogP) is 4.25. The molecule has 1 aromatic heterocycles. The van der Waals surface area contributed by atoms with Gasteiger partial charge in [-0.05, 0) is 59.5 Å². The summed E-state index contributed by atoms with van der Waals surface area (Å²) in [6.45, 7) is 6.32. The van der Waals surface area contributed by atoms with Gasteiger partial charge in [0.05, 0.1) is 6.20 Å². The zero-order valence-electron chi connectivity index (χ0n) is 16.6. The van der Waals surface area contributed by atoms with Crippen molar-refractivity contribution in [1.82, 2.24) is 15.8 Å². The van der Waals surface area contributed by atoms with Crippen LogP contribution in [0.5, 0.6) is 11.5 Å². The van der Waals surface area contributed by atoms with E-state index in [4.69, 9.17) is 4.74 Å². The Labute approximate surface area is 169 Å². The van der Waals surface area contributed by atoms with Crippen LogP contribution in [0.2, 0.25) is 0 Å². The van der Waals surface area contributed by atoms with Crippen molar-refractivity contribution in [3.8, 4) is 11.5 Å². The normalized spacial score (nSPS) is 10.9. The molecule has 3 aromatic rings. The van der Waals surface area contributed by atoms with Gasteiger partial charge in [-0.15, -0.1) is 0 Å². The predicted molar refractivity (Wildman–Crippen MR) is 111 cm³/mol. The lowest BCUT2D eigenvalue weighted by atomic mass is 9.87. The van der Waals surface area contributed by atoms with Gasteiger partial charge in [-0.1, -0.05) is 32.9 Å². The molecular formula is C23H23N3O3. The van der Waals surface area contributed by atoms with E-state index in [1.165, 1.54) is 0 Å². The fourth-order valence-electron chi connectivity index (χ4n) is 2.60. The third-order valence-electron chi connectivity index (χ3n) is 4.29. The number of nitrogens with one attached hydrogen (secondary N) is 2. The summed E-state index contributed by atoms with van der Waals surface area (Å²) in [5.41, 5.74) is 6.86. The van der Waals surface area contributed by atoms with E-state index in [0.29, 0.717) is 22.6 Å². The summed E-state index contributed by atoms with van der Waals surface area (Å²) in [7, 11) is 0. The van der Waals surface area contributed by atoms with Gasteiger partial charge in [-0.3, -0.25) is 25.4 Å². The number of hydrogen-bond acceptors (Lipinski definition) is 4. The quantitative estimate of drug-likeness (QED) is 0.654. The van der Waals surface area contributed by atoms with Crippen LogP contribution < -0.4 is 15.6 Å². The van der Waals surface area contributed by atoms with E-state index in [9.17, 15) is 9.59 Å². The van der Waals surface area contributed by atoms with Crippen LogP contribution in [0, 0.1) is 0 Å². The second-order valence-electron chi connectivity index (χ2n) is 7.55. The van der Waals surface area contributed by atoms with Crippen LogP contribution in [0.3, 0.4) is 0 Å². The number of carbonyl (C=O) groups is 2. The fourth-order valence-corrected chi connectivity index (χ4v) is 2.60. The Balaban J connectivity index is 1.55. The number of carbonyl (C=O) groups excluding carboxylic acids is 2. The molecule has 148 valence electrons. The highest BCUT2D eigenvalue weighted by atomic mass is 16.5. The number of hydrazine groups is 1. The molecule has 1 heterocycles. The average molecular weight is 389 g/mol. The smallest absolute Gasteiger partial charge is 0.269 e. The first kappa shape index (κ1) is 20.1. The molecule has 0 saturated heterocycles. The van der Waals surface area contributed by atoms with Gasteiger partial charge in [0.2, 0.25) is 0 Å². The summed E-state index contributed by atoms with van der Waals surface area (Å²) in [6, 6.07) is 17.5. The zero-order chi connectivity index (χ0) is 20.9. The highest BCUT2D eigenvalue weighted by Crippen LogP contribution is 2.22. The average Bonchev–Trinajstić information content (AvgIpc) is 2.72. The van der Waals surface area contributed by atoms with E-state index in [1.807, 2.05) is 12.1 Å². The topological polar surface area (TPSA) is 80.3 Å². The first-order valence-electron chi connectivity index (χ1n) is 9.22. The van der Waals surface area contributed by atoms with Gasteiger partial charge in [0.1, 0.15) is 11.5 Å². The first-order valence-corrected chi connectivity index (χ1v) is 9.22. The molecule has 0 unspecified atom stereocenters. The van der Waals surface area contributed by atoms with Gasteiger partial charge in [0.15, 0.2) is 0 Å². The van der Waals surface area contributed by atoms with Crippen LogP contribution in [0.25, 0.3) is 0 Å². The van der Waals surface area contributed by atoms with Crippen molar-refractivity contribution in [2.75, 3.05) is 0 Å². The lowest BCUT2D eigenvalue weighted by Crippen LogP contribution is -2.41. The van der Waals surface area contributed by atoms with Crippen molar-refractivity contribution in [3.63, 3.8) is 0 Å². The monoisotopic (exact) mass is 389 g/mol. The lowest BCUT2D eigenvalue weighted by molar-refractivity contribution is 0.0846. The minimum absolute atomic E-state index is 0.0100. The van der Waals surface area contributed by atoms with Crippen molar-refractivity contribution in [3.05, 3.63) is 89.7 Å². The first-order chi connectivity index (χ1) is 13.8. The number of pyridine rings is 1. The lowest BCUT2D eigenvalue weighted by Gasteiger charge is -2.19. The number of amides is 2. The highest BCUT2D eigenvalue weighted by Gasteiger charge is 2.15. The molecule has 2 aromatic carbocycles. The maximum atomic E-state index is 12.3. The van der Waals surface area contributed by atoms with Crippen LogP contribution in [0.1, 0.15) is 47.1 Å². The van der Waals surface area contributed by atoms with Gasteiger partial charge >= 0.3 is 0 Å². The summed E-state index contributed by atoms with van der Waals surface area (Å²) >= 11 is 0. The SMILES string of the molecule is CC(C)(C)c1ccc(C(=O)NNC(=O)c2ccc(Oc3cccnc3)cc2)cc1. The Bertz CT molecular complexity index is 977. The minimum Gasteiger partial charge on any atom is -0.456 e. The Morgan fingerprint density at radius 3 is 1.83 bits per heavy atom. The molecule has 3 rings (SSSR count). The molecule has 0 bridgehead atoms. The number of hydrogen-bond donors (Lipinski definition) is 2. The van der Waals surface area contributed by atoms with Crippen molar-refractivity contribution in [2.45, 2.75) is 26.2 Å². The second kappa shape index (κ2) is 8.56. The molecule has 0 fully saturated rings. The number of nitrogens with zero attached hydrogens (tertiary/aromatic N) is 1. The van der Waals surface area contributed by atoms with Gasteiger partial charge < -0.3 is 4.74 Å². The molecule has 0 radical (unpaired) electrons. The van der Waals surface area contributed by atoms with Gasteiger partial charge in [-0.2, -0.15) is 0 Å². The molecule has 0 aliphatic heterocycles. The largest absolute Gasteiger partial charge is 0.456 e. The van der Waals surface area contributed by atoms with Gasteiger partial charge in [0, 0.05) is 17.3 Å². The standard InChI is InChI=1S/C23H23N3O3/c1-23(2,3)18-10-6-16(7-11-18)21(27)25-26-22(28)17-8-12-19(13-9-17)29-20-5-4-14-24-15-20/h4-15H,1-3H3,(H,25,27)(H,26,28). The number of aromatic nitrogens is 1. The van der Waals surface area contributed by atoms with Crippen molar-refractivity contribution >= 4 is 11.8 Å². The van der Waals surface area contributed by atoms with Crippen molar-refractivity contribution < 1.29 is 14.3 Å². The summed E-state index contributed by atoms with van der Waals surface area (Å²) in [6.07, 6.45) is 3.26. The Hall–Kier alpha value is -3.67. The summed E-state index contributed by atoms with van der Waals surface area (Å²) < 4.78 is 5.64. The van der Waals surface area contributed by atoms with Crippen LogP contribution in [-0.2, 0) is 5.41 Å². The van der Waals surface area contributed by atoms with Gasteiger partial charge in [0.25, 0.3) is 11.8 Å². The number of benzene rings is 2. The van der Waals surface area contributed by atoms with E-state index in [2.05, 4.69) is 36.6 Å². The van der Waals surface area contributed by atoms with E-state index in [0.717, 1.165) is 5.56 Å². The summed E-state index contributed by atoms with van der Waals surface area (Å²) in [5.74, 6) is 0.389. The maximum Gasteiger partial charge on any atom is 0.269 e. The molecule has 0 aliphatic carbocycles. The maximum absolute atomic E-state index is 12.3. The molecule has 0 saturated carbocycles. The Morgan fingerprint density at radius 1 is 0.793 bits per heavy atom. The van der Waals surface area contributed by atoms with Crippen molar-refractivity contribution in [1.29, 1.82) is 0 Å².